The number of hydrogen-bond donors (Lipinski definition) is 2. The average molecular weight is 452 g/mol. The molecule has 1 unspecified atom stereocenters. The number of aromatic nitrogens is 4. The van der Waals surface area contributed by atoms with Gasteiger partial charge in [0.05, 0.1) is 6.04 Å². The van der Waals surface area contributed by atoms with E-state index in [1.165, 1.54) is 31.0 Å². The van der Waals surface area contributed by atoms with E-state index in [0.717, 1.165) is 29.5 Å². The third-order valence-electron chi connectivity index (χ3n) is 4.98. The molecule has 1 aliphatic heterocycles. The van der Waals surface area contributed by atoms with Crippen molar-refractivity contribution in [1.82, 2.24) is 25.3 Å². The van der Waals surface area contributed by atoms with Crippen molar-refractivity contribution in [3.05, 3.63) is 60.4 Å². The Balaban J connectivity index is 1.52. The highest BCUT2D eigenvalue weighted by atomic mass is 32.2. The second-order valence-electron chi connectivity index (χ2n) is 7.30. The van der Waals surface area contributed by atoms with Crippen molar-refractivity contribution in [3.8, 4) is 0 Å². The Labute approximate surface area is 192 Å². The summed E-state index contributed by atoms with van der Waals surface area (Å²) in [5.41, 5.74) is 1.16. The van der Waals surface area contributed by atoms with Crippen molar-refractivity contribution < 1.29 is 0 Å². The van der Waals surface area contributed by atoms with E-state index in [9.17, 15) is 0 Å². The summed E-state index contributed by atoms with van der Waals surface area (Å²) in [6, 6.07) is 14.1. The first kappa shape index (κ1) is 21.5. The molecular weight excluding hydrogens is 426 g/mol. The summed E-state index contributed by atoms with van der Waals surface area (Å²) >= 11 is 6.95. The van der Waals surface area contributed by atoms with E-state index in [-0.39, 0.29) is 6.04 Å². The van der Waals surface area contributed by atoms with E-state index >= 15 is 0 Å². The van der Waals surface area contributed by atoms with E-state index in [1.54, 1.807) is 18.5 Å². The Morgan fingerprint density at radius 3 is 2.52 bits per heavy atom. The Morgan fingerprint density at radius 1 is 1.03 bits per heavy atom. The van der Waals surface area contributed by atoms with Gasteiger partial charge in [-0.1, -0.05) is 30.3 Å². The molecule has 0 spiro atoms. The predicted molar refractivity (Wildman–Crippen MR) is 128 cm³/mol. The summed E-state index contributed by atoms with van der Waals surface area (Å²) in [6.45, 7) is 4.06. The monoisotopic (exact) mass is 451 g/mol. The summed E-state index contributed by atoms with van der Waals surface area (Å²) in [4.78, 5) is 20.3. The highest BCUT2D eigenvalue weighted by Gasteiger charge is 2.17. The molecule has 0 saturated carbocycles. The molecule has 0 aliphatic carbocycles. The van der Waals surface area contributed by atoms with Gasteiger partial charge in [0.2, 0.25) is 5.95 Å². The van der Waals surface area contributed by atoms with Crippen LogP contribution in [0, 0.1) is 0 Å². The van der Waals surface area contributed by atoms with E-state index in [2.05, 4.69) is 49.5 Å². The highest BCUT2D eigenvalue weighted by Crippen LogP contribution is 2.28. The molecular formula is C22H25N7S2. The summed E-state index contributed by atoms with van der Waals surface area (Å²) in [5, 5.41) is 8.39. The molecule has 0 radical (unpaired) electrons. The largest absolute Gasteiger partial charge is 0.356 e. The van der Waals surface area contributed by atoms with Crippen molar-refractivity contribution in [2.75, 3.05) is 23.3 Å². The van der Waals surface area contributed by atoms with Gasteiger partial charge in [-0.2, -0.15) is 4.98 Å². The lowest BCUT2D eigenvalue weighted by atomic mass is 10.1. The number of hydrogen-bond acceptors (Lipinski definition) is 7. The molecule has 2 aromatic heterocycles. The minimum Gasteiger partial charge on any atom is -0.356 e. The lowest BCUT2D eigenvalue weighted by Gasteiger charge is -2.28. The molecule has 31 heavy (non-hydrogen) atoms. The molecule has 3 aromatic rings. The third kappa shape index (κ3) is 6.11. The van der Waals surface area contributed by atoms with E-state index in [4.69, 9.17) is 17.2 Å². The van der Waals surface area contributed by atoms with Gasteiger partial charge in [-0.3, -0.25) is 0 Å². The zero-order valence-electron chi connectivity index (χ0n) is 17.4. The maximum atomic E-state index is 5.54. The molecule has 7 nitrogen and oxygen atoms in total. The Bertz CT molecular complexity index is 995. The number of piperidine rings is 1. The fraction of sp³-hybridized carbons (Fsp3) is 0.318. The maximum Gasteiger partial charge on any atom is 0.232 e. The van der Waals surface area contributed by atoms with Gasteiger partial charge in [-0.25, -0.2) is 15.0 Å². The Kier molecular flexibility index (Phi) is 7.26. The Morgan fingerprint density at radius 2 is 1.77 bits per heavy atom. The average Bonchev–Trinajstić information content (AvgIpc) is 2.80. The van der Waals surface area contributed by atoms with Crippen molar-refractivity contribution in [1.29, 1.82) is 0 Å². The van der Waals surface area contributed by atoms with Crippen LogP contribution >= 0.6 is 24.0 Å². The van der Waals surface area contributed by atoms with Gasteiger partial charge in [-0.15, -0.1) is 0 Å². The van der Waals surface area contributed by atoms with Crippen LogP contribution in [0.15, 0.2) is 65.0 Å². The summed E-state index contributed by atoms with van der Waals surface area (Å²) in [5.74, 6) is 1.37. The van der Waals surface area contributed by atoms with Crippen LogP contribution in [-0.2, 0) is 0 Å². The predicted octanol–water partition coefficient (Wildman–Crippen LogP) is 4.46. The van der Waals surface area contributed by atoms with Crippen LogP contribution in [-0.4, -0.2) is 38.1 Å². The minimum absolute atomic E-state index is 0.0676. The number of nitrogens with zero attached hydrogens (tertiary/aromatic N) is 5. The molecule has 2 N–H and O–H groups in total. The lowest BCUT2D eigenvalue weighted by Crippen LogP contribution is -2.33. The van der Waals surface area contributed by atoms with Gasteiger partial charge in [0, 0.05) is 31.5 Å². The number of benzene rings is 1. The van der Waals surface area contributed by atoms with Crippen LogP contribution in [0.1, 0.15) is 37.8 Å². The van der Waals surface area contributed by atoms with Gasteiger partial charge in [-0.05, 0) is 61.8 Å². The van der Waals surface area contributed by atoms with E-state index < -0.39 is 0 Å². The second kappa shape index (κ2) is 10.5. The van der Waals surface area contributed by atoms with Crippen LogP contribution in [0.25, 0.3) is 0 Å². The topological polar surface area (TPSA) is 78.9 Å². The molecule has 1 saturated heterocycles. The van der Waals surface area contributed by atoms with Gasteiger partial charge in [0.25, 0.3) is 0 Å². The van der Waals surface area contributed by atoms with Crippen LogP contribution in [0.3, 0.4) is 0 Å². The molecule has 9 heteroatoms. The molecule has 1 aromatic carbocycles. The molecule has 0 bridgehead atoms. The molecule has 160 valence electrons. The molecule has 1 fully saturated rings. The first-order chi connectivity index (χ1) is 15.2. The maximum absolute atomic E-state index is 5.54. The SMILES string of the molecule is CC(NC(=S)Nc1nc(Sc2ncccn2)cc(N2CCCCC2)n1)c1ccccc1. The normalized spacial score (nSPS) is 14.7. The van der Waals surface area contributed by atoms with Gasteiger partial charge < -0.3 is 15.5 Å². The summed E-state index contributed by atoms with van der Waals surface area (Å²) in [6.07, 6.45) is 7.06. The van der Waals surface area contributed by atoms with E-state index in [1.807, 2.05) is 24.3 Å². The van der Waals surface area contributed by atoms with Crippen LogP contribution in [0.2, 0.25) is 0 Å². The fourth-order valence-electron chi connectivity index (χ4n) is 3.40. The molecule has 1 aliphatic rings. The fourth-order valence-corrected chi connectivity index (χ4v) is 4.38. The molecule has 4 rings (SSSR count). The first-order valence-electron chi connectivity index (χ1n) is 10.4. The zero-order valence-corrected chi connectivity index (χ0v) is 19.0. The van der Waals surface area contributed by atoms with Crippen molar-refractivity contribution in [2.24, 2.45) is 0 Å². The smallest absolute Gasteiger partial charge is 0.232 e. The number of rotatable bonds is 6. The quantitative estimate of drug-likeness (QED) is 0.321. The minimum atomic E-state index is 0.0676. The summed E-state index contributed by atoms with van der Waals surface area (Å²) < 4.78 is 0. The summed E-state index contributed by atoms with van der Waals surface area (Å²) in [7, 11) is 0. The van der Waals surface area contributed by atoms with Crippen molar-refractivity contribution >= 4 is 40.9 Å². The number of nitrogens with one attached hydrogen (secondary N) is 2. The number of thiocarbonyl (C=S) groups is 1. The van der Waals surface area contributed by atoms with Gasteiger partial charge in [0.1, 0.15) is 10.8 Å². The molecule has 3 heterocycles. The van der Waals surface area contributed by atoms with Crippen LogP contribution in [0.5, 0.6) is 0 Å². The van der Waals surface area contributed by atoms with Crippen molar-refractivity contribution in [3.63, 3.8) is 0 Å². The standard InChI is InChI=1S/C22H25N7S2/c1-16(17-9-4-2-5-10-17)25-21(30)28-20-26-18(29-13-6-3-7-14-29)15-19(27-20)31-22-23-11-8-12-24-22/h2,4-5,8-12,15-16H,3,6-7,13-14H2,1H3,(H2,25,26,27,28,30). The van der Waals surface area contributed by atoms with Gasteiger partial charge in [0.15, 0.2) is 10.3 Å². The van der Waals surface area contributed by atoms with Crippen LogP contribution < -0.4 is 15.5 Å². The Hall–Kier alpha value is -2.78. The lowest BCUT2D eigenvalue weighted by molar-refractivity contribution is 0.572. The van der Waals surface area contributed by atoms with Crippen LogP contribution in [0.4, 0.5) is 11.8 Å². The number of anilines is 2. The van der Waals surface area contributed by atoms with Crippen molar-refractivity contribution in [2.45, 2.75) is 42.4 Å². The third-order valence-corrected chi connectivity index (χ3v) is 6.01. The first-order valence-corrected chi connectivity index (χ1v) is 11.6. The zero-order chi connectivity index (χ0) is 21.5. The highest BCUT2D eigenvalue weighted by molar-refractivity contribution is 7.99. The van der Waals surface area contributed by atoms with E-state index in [0.29, 0.717) is 16.2 Å². The second-order valence-corrected chi connectivity index (χ2v) is 8.70. The molecule has 1 atom stereocenters. The van der Waals surface area contributed by atoms with Gasteiger partial charge >= 0.3 is 0 Å². The molecule has 0 amide bonds.